The molecule has 2 rings (SSSR count). The van der Waals surface area contributed by atoms with E-state index in [0.29, 0.717) is 11.3 Å². The second kappa shape index (κ2) is 4.45. The van der Waals surface area contributed by atoms with Gasteiger partial charge in [0, 0.05) is 29.9 Å². The Kier molecular flexibility index (Phi) is 2.99. The van der Waals surface area contributed by atoms with Crippen molar-refractivity contribution in [3.63, 3.8) is 0 Å². The topological polar surface area (TPSA) is 89.4 Å². The lowest BCUT2D eigenvalue weighted by Crippen LogP contribution is -2.28. The van der Waals surface area contributed by atoms with E-state index in [4.69, 9.17) is 11.5 Å². The van der Waals surface area contributed by atoms with Gasteiger partial charge in [0.05, 0.1) is 0 Å². The molecule has 0 aromatic heterocycles. The summed E-state index contributed by atoms with van der Waals surface area (Å²) in [5.41, 5.74) is 11.9. The Hall–Kier alpha value is -2.04. The standard InChI is InChI=1S/C12H15N3O2/c13-10-6-8(11(14)16)5-9(7-10)12(17)15-3-1-2-4-15/h5-7H,1-4,13H2,(H2,14,16). The number of primary amides is 1. The number of amides is 2. The number of nitrogens with two attached hydrogens (primary N) is 2. The molecule has 4 N–H and O–H groups in total. The fourth-order valence-electron chi connectivity index (χ4n) is 2.02. The van der Waals surface area contributed by atoms with E-state index in [9.17, 15) is 9.59 Å². The highest BCUT2D eigenvalue weighted by Gasteiger charge is 2.20. The van der Waals surface area contributed by atoms with Crippen molar-refractivity contribution in [3.8, 4) is 0 Å². The minimum absolute atomic E-state index is 0.0858. The summed E-state index contributed by atoms with van der Waals surface area (Å²) < 4.78 is 0. The fraction of sp³-hybridized carbons (Fsp3) is 0.333. The lowest BCUT2D eigenvalue weighted by atomic mass is 10.1. The van der Waals surface area contributed by atoms with Crippen molar-refractivity contribution in [2.24, 2.45) is 5.73 Å². The number of nitrogens with zero attached hydrogens (tertiary/aromatic N) is 1. The first-order chi connectivity index (χ1) is 8.08. The number of hydrogen-bond donors (Lipinski definition) is 2. The van der Waals surface area contributed by atoms with Crippen LogP contribution in [0.3, 0.4) is 0 Å². The normalized spacial score (nSPS) is 14.9. The van der Waals surface area contributed by atoms with Gasteiger partial charge in [-0.05, 0) is 31.0 Å². The molecule has 0 spiro atoms. The third-order valence-corrected chi connectivity index (χ3v) is 2.88. The van der Waals surface area contributed by atoms with Gasteiger partial charge >= 0.3 is 0 Å². The van der Waals surface area contributed by atoms with Gasteiger partial charge in [0.25, 0.3) is 5.91 Å². The van der Waals surface area contributed by atoms with Gasteiger partial charge in [0.1, 0.15) is 0 Å². The van der Waals surface area contributed by atoms with Crippen LogP contribution in [0.4, 0.5) is 5.69 Å². The van der Waals surface area contributed by atoms with Gasteiger partial charge in [-0.1, -0.05) is 0 Å². The molecular formula is C12H15N3O2. The van der Waals surface area contributed by atoms with Crippen molar-refractivity contribution >= 4 is 17.5 Å². The lowest BCUT2D eigenvalue weighted by molar-refractivity contribution is 0.0793. The van der Waals surface area contributed by atoms with Crippen LogP contribution in [0.15, 0.2) is 18.2 Å². The first-order valence-electron chi connectivity index (χ1n) is 5.57. The highest BCUT2D eigenvalue weighted by Crippen LogP contribution is 2.17. The third kappa shape index (κ3) is 2.38. The monoisotopic (exact) mass is 233 g/mol. The molecule has 1 aliphatic heterocycles. The molecule has 2 amide bonds. The van der Waals surface area contributed by atoms with E-state index >= 15 is 0 Å². The zero-order valence-electron chi connectivity index (χ0n) is 9.48. The maximum atomic E-state index is 12.1. The van der Waals surface area contributed by atoms with E-state index in [1.54, 1.807) is 11.0 Å². The molecule has 17 heavy (non-hydrogen) atoms. The van der Waals surface area contributed by atoms with Gasteiger partial charge < -0.3 is 16.4 Å². The summed E-state index contributed by atoms with van der Waals surface area (Å²) in [5, 5.41) is 0. The molecular weight excluding hydrogens is 218 g/mol. The maximum absolute atomic E-state index is 12.1. The predicted octanol–water partition coefficient (Wildman–Crippen LogP) is 0.604. The zero-order chi connectivity index (χ0) is 12.4. The Bertz CT molecular complexity index is 465. The van der Waals surface area contributed by atoms with Crippen LogP contribution < -0.4 is 11.5 Å². The number of nitrogen functional groups attached to an aromatic ring is 1. The van der Waals surface area contributed by atoms with Crippen LogP contribution in [0.25, 0.3) is 0 Å². The summed E-state index contributed by atoms with van der Waals surface area (Å²) in [6.45, 7) is 1.53. The molecule has 5 nitrogen and oxygen atoms in total. The molecule has 1 aliphatic rings. The Balaban J connectivity index is 2.31. The Morgan fingerprint density at radius 1 is 1.06 bits per heavy atom. The number of hydrogen-bond acceptors (Lipinski definition) is 3. The Morgan fingerprint density at radius 3 is 2.24 bits per heavy atom. The average molecular weight is 233 g/mol. The predicted molar refractivity (Wildman–Crippen MR) is 64.5 cm³/mol. The molecule has 0 atom stereocenters. The van der Waals surface area contributed by atoms with Crippen LogP contribution in [0.1, 0.15) is 33.6 Å². The molecule has 0 unspecified atom stereocenters. The van der Waals surface area contributed by atoms with Crippen LogP contribution in [0.5, 0.6) is 0 Å². The minimum Gasteiger partial charge on any atom is -0.399 e. The summed E-state index contributed by atoms with van der Waals surface area (Å²) in [5.74, 6) is -0.662. The Morgan fingerprint density at radius 2 is 1.65 bits per heavy atom. The summed E-state index contributed by atoms with van der Waals surface area (Å²) in [4.78, 5) is 24.9. The zero-order valence-corrected chi connectivity index (χ0v) is 9.48. The molecule has 1 heterocycles. The van der Waals surface area contributed by atoms with Gasteiger partial charge in [0.2, 0.25) is 5.91 Å². The summed E-state index contributed by atoms with van der Waals surface area (Å²) in [6, 6.07) is 4.55. The number of likely N-dealkylation sites (tertiary alicyclic amines) is 1. The number of carbonyl (C=O) groups excluding carboxylic acids is 2. The number of rotatable bonds is 2. The highest BCUT2D eigenvalue weighted by atomic mass is 16.2. The molecule has 1 saturated heterocycles. The second-order valence-corrected chi connectivity index (χ2v) is 4.21. The highest BCUT2D eigenvalue weighted by molar-refractivity contribution is 6.00. The number of carbonyl (C=O) groups is 2. The largest absolute Gasteiger partial charge is 0.399 e. The van der Waals surface area contributed by atoms with Crippen molar-refractivity contribution in [2.75, 3.05) is 18.8 Å². The van der Waals surface area contributed by atoms with E-state index in [0.717, 1.165) is 25.9 Å². The average Bonchev–Trinajstić information content (AvgIpc) is 2.80. The SMILES string of the molecule is NC(=O)c1cc(N)cc(C(=O)N2CCCC2)c1. The van der Waals surface area contributed by atoms with Gasteiger partial charge in [0.15, 0.2) is 0 Å². The second-order valence-electron chi connectivity index (χ2n) is 4.21. The maximum Gasteiger partial charge on any atom is 0.253 e. The van der Waals surface area contributed by atoms with E-state index in [1.165, 1.54) is 12.1 Å². The van der Waals surface area contributed by atoms with E-state index < -0.39 is 5.91 Å². The molecule has 1 fully saturated rings. The summed E-state index contributed by atoms with van der Waals surface area (Å²) in [7, 11) is 0. The van der Waals surface area contributed by atoms with E-state index in [2.05, 4.69) is 0 Å². The molecule has 1 aromatic carbocycles. The first-order valence-corrected chi connectivity index (χ1v) is 5.57. The van der Waals surface area contributed by atoms with Crippen molar-refractivity contribution in [2.45, 2.75) is 12.8 Å². The van der Waals surface area contributed by atoms with Crippen molar-refractivity contribution < 1.29 is 9.59 Å². The molecule has 1 aromatic rings. The third-order valence-electron chi connectivity index (χ3n) is 2.88. The molecule has 90 valence electrons. The number of anilines is 1. The van der Waals surface area contributed by atoms with Gasteiger partial charge in [-0.2, -0.15) is 0 Å². The smallest absolute Gasteiger partial charge is 0.253 e. The van der Waals surface area contributed by atoms with Crippen LogP contribution in [0, 0.1) is 0 Å². The van der Waals surface area contributed by atoms with Gasteiger partial charge in [-0.3, -0.25) is 9.59 Å². The molecule has 0 bridgehead atoms. The van der Waals surface area contributed by atoms with Crippen LogP contribution in [-0.2, 0) is 0 Å². The Labute approximate surface area is 99.4 Å². The number of benzene rings is 1. The van der Waals surface area contributed by atoms with Crippen LogP contribution in [0.2, 0.25) is 0 Å². The molecule has 5 heteroatoms. The van der Waals surface area contributed by atoms with Crippen LogP contribution in [-0.4, -0.2) is 29.8 Å². The molecule has 0 saturated carbocycles. The first kappa shape index (κ1) is 11.4. The lowest BCUT2D eigenvalue weighted by Gasteiger charge is -2.15. The van der Waals surface area contributed by atoms with E-state index in [-0.39, 0.29) is 11.5 Å². The quantitative estimate of drug-likeness (QED) is 0.733. The summed E-state index contributed by atoms with van der Waals surface area (Å²) >= 11 is 0. The molecule has 0 radical (unpaired) electrons. The van der Waals surface area contributed by atoms with E-state index in [1.807, 2.05) is 0 Å². The van der Waals surface area contributed by atoms with Crippen molar-refractivity contribution in [1.82, 2.24) is 4.90 Å². The molecule has 0 aliphatic carbocycles. The fourth-order valence-corrected chi connectivity index (χ4v) is 2.02. The van der Waals surface area contributed by atoms with Crippen molar-refractivity contribution in [3.05, 3.63) is 29.3 Å². The van der Waals surface area contributed by atoms with Gasteiger partial charge in [-0.15, -0.1) is 0 Å². The van der Waals surface area contributed by atoms with Gasteiger partial charge in [-0.25, -0.2) is 0 Å². The van der Waals surface area contributed by atoms with Crippen LogP contribution >= 0.6 is 0 Å². The van der Waals surface area contributed by atoms with Crippen molar-refractivity contribution in [1.29, 1.82) is 0 Å². The summed E-state index contributed by atoms with van der Waals surface area (Å²) in [6.07, 6.45) is 2.05. The minimum atomic E-state index is -0.576.